The van der Waals surface area contributed by atoms with Crippen LogP contribution in [0.1, 0.15) is 26.2 Å². The molecule has 8 heteroatoms. The van der Waals surface area contributed by atoms with E-state index >= 15 is 0 Å². The number of unbranched alkanes of at least 4 members (excludes halogenated alkanes) is 2. The molecule has 2 aliphatic heterocycles. The Kier molecular flexibility index (Phi) is 4.54. The Hall–Kier alpha value is -1.59. The van der Waals surface area contributed by atoms with E-state index in [0.29, 0.717) is 12.6 Å². The maximum Gasteiger partial charge on any atom is 0.258 e. The third-order valence-corrected chi connectivity index (χ3v) is 7.71. The zero-order valence-electron chi connectivity index (χ0n) is 11.5. The smallest absolute Gasteiger partial charge is 0.258 e. The topological polar surface area (TPSA) is 74.8 Å². The number of imide groups is 2. The molecule has 0 aliphatic carbocycles. The van der Waals surface area contributed by atoms with Gasteiger partial charge in [-0.2, -0.15) is 0 Å². The molecule has 0 atom stereocenters. The van der Waals surface area contributed by atoms with Gasteiger partial charge in [-0.05, 0) is 18.2 Å². The van der Waals surface area contributed by atoms with Crippen LogP contribution in [-0.4, -0.2) is 39.1 Å². The molecule has 6 nitrogen and oxygen atoms in total. The summed E-state index contributed by atoms with van der Waals surface area (Å²) < 4.78 is 1.86. The summed E-state index contributed by atoms with van der Waals surface area (Å²) in [5.41, 5.74) is 0. The molecule has 2 rings (SSSR count). The molecule has 0 saturated heterocycles. The number of carbonyl (C=O) groups is 4. The number of hydrogen-bond acceptors (Lipinski definition) is 5. The van der Waals surface area contributed by atoms with Crippen LogP contribution in [0.25, 0.3) is 0 Å². The molecule has 21 heavy (non-hydrogen) atoms. The van der Waals surface area contributed by atoms with Gasteiger partial charge in [0.15, 0.2) is 0 Å². The number of nitrogens with zero attached hydrogens (tertiary/aromatic N) is 2. The highest BCUT2D eigenvalue weighted by Crippen LogP contribution is 2.56. The van der Waals surface area contributed by atoms with Crippen molar-refractivity contribution in [3.8, 4) is 0 Å². The largest absolute Gasteiger partial charge is 0.269 e. The number of amides is 4. The van der Waals surface area contributed by atoms with Gasteiger partial charge in [-0.3, -0.25) is 19.2 Å². The quantitative estimate of drug-likeness (QED) is 0.418. The Morgan fingerprint density at radius 2 is 1.24 bits per heavy atom. The first kappa shape index (κ1) is 15.8. The van der Waals surface area contributed by atoms with Crippen molar-refractivity contribution in [2.75, 3.05) is 6.16 Å². The average Bonchev–Trinajstić information content (AvgIpc) is 2.93. The molecule has 0 bridgehead atoms. The van der Waals surface area contributed by atoms with E-state index < -0.39 is 30.0 Å². The molecule has 112 valence electrons. The summed E-state index contributed by atoms with van der Waals surface area (Å²) in [5.74, 6) is -2.20. The fourth-order valence-corrected chi connectivity index (χ4v) is 6.32. The van der Waals surface area contributed by atoms with E-state index in [2.05, 4.69) is 0 Å². The van der Waals surface area contributed by atoms with Crippen LogP contribution < -0.4 is 0 Å². The van der Waals surface area contributed by atoms with Crippen LogP contribution in [0.5, 0.6) is 0 Å². The van der Waals surface area contributed by atoms with E-state index in [9.17, 15) is 19.2 Å². The van der Waals surface area contributed by atoms with Crippen LogP contribution in [0.2, 0.25) is 0 Å². The third kappa shape index (κ3) is 2.76. The number of hydrogen-bond donors (Lipinski definition) is 0. The molecule has 4 amide bonds. The SMILES string of the molecule is CCCCCP(=S)(N1C(=O)C=CC1=O)N1C(=O)C=CC1=O. The van der Waals surface area contributed by atoms with E-state index in [4.69, 9.17) is 11.8 Å². The summed E-state index contributed by atoms with van der Waals surface area (Å²) in [6.07, 6.45) is 4.15. The second-order valence-corrected chi connectivity index (χ2v) is 9.07. The molecule has 0 aromatic heterocycles. The Bertz CT molecular complexity index is 544. The van der Waals surface area contributed by atoms with E-state index in [1.807, 2.05) is 6.92 Å². The van der Waals surface area contributed by atoms with Crippen LogP contribution in [0, 0.1) is 0 Å². The lowest BCUT2D eigenvalue weighted by Crippen LogP contribution is -2.39. The molecule has 0 fully saturated rings. The first-order chi connectivity index (χ1) is 9.91. The summed E-state index contributed by atoms with van der Waals surface area (Å²) in [6.45, 7) is 2.00. The first-order valence-corrected chi connectivity index (χ1v) is 9.53. The summed E-state index contributed by atoms with van der Waals surface area (Å²) >= 11 is 5.54. The minimum absolute atomic E-state index is 0.300. The second kappa shape index (κ2) is 6.03. The minimum Gasteiger partial charge on any atom is -0.269 e. The van der Waals surface area contributed by atoms with E-state index in [-0.39, 0.29) is 0 Å². The van der Waals surface area contributed by atoms with Crippen molar-refractivity contribution < 1.29 is 19.2 Å². The van der Waals surface area contributed by atoms with E-state index in [0.717, 1.165) is 46.5 Å². The lowest BCUT2D eigenvalue weighted by molar-refractivity contribution is -0.132. The molecular formula is C13H15N2O4PS. The molecule has 0 aromatic carbocycles. The van der Waals surface area contributed by atoms with Crippen LogP contribution in [0.15, 0.2) is 24.3 Å². The highest BCUT2D eigenvalue weighted by molar-refractivity contribution is 8.13. The molecule has 0 radical (unpaired) electrons. The van der Waals surface area contributed by atoms with Gasteiger partial charge in [0.1, 0.15) is 6.34 Å². The molecule has 2 aliphatic rings. The van der Waals surface area contributed by atoms with Crippen LogP contribution >= 0.6 is 6.34 Å². The Morgan fingerprint density at radius 1 is 0.857 bits per heavy atom. The van der Waals surface area contributed by atoms with Crippen molar-refractivity contribution in [2.45, 2.75) is 26.2 Å². The van der Waals surface area contributed by atoms with E-state index in [1.54, 1.807) is 0 Å². The lowest BCUT2D eigenvalue weighted by atomic mass is 10.3. The number of rotatable bonds is 6. The van der Waals surface area contributed by atoms with Gasteiger partial charge in [-0.25, -0.2) is 9.34 Å². The summed E-state index contributed by atoms with van der Waals surface area (Å²) in [5, 5.41) is 0. The maximum atomic E-state index is 11.9. The first-order valence-electron chi connectivity index (χ1n) is 6.64. The molecule has 0 N–H and O–H groups in total. The standard InChI is InChI=1S/C13H15N2O4PS/c1-2-3-4-9-20(21,14-10(16)5-6-11(14)17)15-12(18)7-8-13(15)19/h5-8H,2-4,9H2,1H3. The normalized spacial score (nSPS) is 18.5. The van der Waals surface area contributed by atoms with Crippen molar-refractivity contribution in [1.29, 1.82) is 0 Å². The highest BCUT2D eigenvalue weighted by atomic mass is 32.4. The van der Waals surface area contributed by atoms with Crippen molar-refractivity contribution in [2.24, 2.45) is 0 Å². The fraction of sp³-hybridized carbons (Fsp3) is 0.385. The van der Waals surface area contributed by atoms with Crippen LogP contribution in [0.3, 0.4) is 0 Å². The van der Waals surface area contributed by atoms with Crippen molar-refractivity contribution >= 4 is 41.8 Å². The monoisotopic (exact) mass is 326 g/mol. The predicted molar refractivity (Wildman–Crippen MR) is 80.7 cm³/mol. The minimum atomic E-state index is -3.09. The van der Waals surface area contributed by atoms with E-state index in [1.165, 1.54) is 0 Å². The molecule has 0 spiro atoms. The van der Waals surface area contributed by atoms with Gasteiger partial charge in [0.05, 0.1) is 0 Å². The summed E-state index contributed by atoms with van der Waals surface area (Å²) in [4.78, 5) is 47.8. The zero-order chi connectivity index (χ0) is 15.6. The Morgan fingerprint density at radius 3 is 1.57 bits per heavy atom. The molecular weight excluding hydrogens is 311 g/mol. The second-order valence-electron chi connectivity index (χ2n) is 4.74. The number of carbonyl (C=O) groups excluding carboxylic acids is 4. The van der Waals surface area contributed by atoms with Crippen molar-refractivity contribution in [3.63, 3.8) is 0 Å². The predicted octanol–water partition coefficient (Wildman–Crippen LogP) is 1.34. The molecule has 0 saturated carbocycles. The molecule has 0 aromatic rings. The van der Waals surface area contributed by atoms with Crippen LogP contribution in [0.4, 0.5) is 0 Å². The Labute approximate surface area is 127 Å². The van der Waals surface area contributed by atoms with Gasteiger partial charge in [-0.1, -0.05) is 19.8 Å². The maximum absolute atomic E-state index is 11.9. The molecule has 2 heterocycles. The van der Waals surface area contributed by atoms with Gasteiger partial charge in [-0.15, -0.1) is 0 Å². The van der Waals surface area contributed by atoms with Gasteiger partial charge >= 0.3 is 0 Å². The fourth-order valence-electron chi connectivity index (χ4n) is 2.26. The van der Waals surface area contributed by atoms with Crippen LogP contribution in [-0.2, 0) is 31.0 Å². The Balaban J connectivity index is 2.38. The average molecular weight is 326 g/mol. The van der Waals surface area contributed by atoms with Crippen molar-refractivity contribution in [1.82, 2.24) is 9.34 Å². The van der Waals surface area contributed by atoms with Gasteiger partial charge in [0, 0.05) is 30.5 Å². The van der Waals surface area contributed by atoms with Gasteiger partial charge < -0.3 is 0 Å². The summed E-state index contributed by atoms with van der Waals surface area (Å²) in [6, 6.07) is 0. The van der Waals surface area contributed by atoms with Gasteiger partial charge in [0.2, 0.25) is 0 Å². The third-order valence-electron chi connectivity index (χ3n) is 3.25. The van der Waals surface area contributed by atoms with Crippen molar-refractivity contribution in [3.05, 3.63) is 24.3 Å². The molecule has 0 unspecified atom stereocenters. The highest BCUT2D eigenvalue weighted by Gasteiger charge is 2.45. The lowest BCUT2D eigenvalue weighted by Gasteiger charge is -2.36. The summed E-state index contributed by atoms with van der Waals surface area (Å²) in [7, 11) is 0. The zero-order valence-corrected chi connectivity index (χ0v) is 13.2. The van der Waals surface area contributed by atoms with Gasteiger partial charge in [0.25, 0.3) is 23.6 Å².